The predicted octanol–water partition coefficient (Wildman–Crippen LogP) is 10.1. The van der Waals surface area contributed by atoms with E-state index in [2.05, 4.69) is 87.9 Å². The maximum Gasteiger partial charge on any atom is 0.416 e. The second-order valence-electron chi connectivity index (χ2n) is 18.8. The van der Waals surface area contributed by atoms with Crippen molar-refractivity contribution in [1.29, 1.82) is 0 Å². The number of para-hydroxylation sites is 1. The summed E-state index contributed by atoms with van der Waals surface area (Å²) in [6.45, 7) is 12.9. The van der Waals surface area contributed by atoms with Gasteiger partial charge in [-0.1, -0.05) is 94.2 Å². The molecule has 0 amide bonds. The molecule has 5 aromatic rings. The second-order valence-corrected chi connectivity index (χ2v) is 18.8. The largest absolute Gasteiger partial charge is 1.00 e. The van der Waals surface area contributed by atoms with Gasteiger partial charge in [-0.3, -0.25) is 4.79 Å². The second kappa shape index (κ2) is 25.3. The number of nitrogens with zero attached hydrogens (tertiary/aromatic N) is 4. The number of esters is 1. The standard InChI is InChI=1S/C59H65F3N5O5.BrH/c1-8-10-31-66-49-25-19-18-24-46(49)57(3,4)53(66)26-15-12-11-13-16-27-54-58(5,6)47-38-43(59(60,61)62)29-30-50(47)67(54)32-20-14-17-28-55(68)72-36-35-71-51-39-45-48(40-52(51)70-34-33-69-7)63-41-64-56(45)65-44-23-21-22-42(9-2)37-44;/h2,11-13,15-16,18-19,21-27,29-30,37-41H,8,10,14,17,20,28,31-36H2,1,3-7H3,(H,63,64,65);1H/q+1;/p-1. The number of carbonyl (C=O) groups is 1. The van der Waals surface area contributed by atoms with Crippen molar-refractivity contribution in [2.24, 2.45) is 0 Å². The van der Waals surface area contributed by atoms with Crippen LogP contribution in [0.1, 0.15) is 95.4 Å². The SMILES string of the molecule is C#Cc1cccc(Nc2ncnc3cc(OCCOC)c(OCCOC(=O)CCCCCN4/C(=C/C=C/C=C/C=C/C5=[N+](CCCC)c6ccccc6C5(C)C)C(C)(C)c5cc(C(F)(F)F)ccc54)cc23)c1.[Br-]. The van der Waals surface area contributed by atoms with Gasteiger partial charge in [0.2, 0.25) is 5.69 Å². The molecule has 10 nitrogen and oxygen atoms in total. The van der Waals surface area contributed by atoms with Gasteiger partial charge in [-0.05, 0) is 80.8 Å². The summed E-state index contributed by atoms with van der Waals surface area (Å²) in [4.78, 5) is 23.9. The quantitative estimate of drug-likeness (QED) is 0.0226. The highest BCUT2D eigenvalue weighted by molar-refractivity contribution is 6.03. The molecular weight excluding hydrogens is 996 g/mol. The fourth-order valence-electron chi connectivity index (χ4n) is 9.32. The summed E-state index contributed by atoms with van der Waals surface area (Å²) in [5.74, 6) is 3.70. The average molecular weight is 1060 g/mol. The van der Waals surface area contributed by atoms with Gasteiger partial charge in [-0.15, -0.1) is 6.42 Å². The number of halogens is 4. The van der Waals surface area contributed by atoms with Gasteiger partial charge in [0.25, 0.3) is 0 Å². The van der Waals surface area contributed by atoms with Crippen LogP contribution in [0, 0.1) is 12.3 Å². The number of methoxy groups -OCH3 is 1. The Hall–Kier alpha value is -6.69. The van der Waals surface area contributed by atoms with Crippen LogP contribution in [0.5, 0.6) is 11.5 Å². The van der Waals surface area contributed by atoms with Gasteiger partial charge < -0.3 is 46.1 Å². The molecule has 0 saturated heterocycles. The van der Waals surface area contributed by atoms with Crippen LogP contribution in [0.2, 0.25) is 0 Å². The van der Waals surface area contributed by atoms with Gasteiger partial charge in [0.15, 0.2) is 17.2 Å². The Kier molecular flexibility index (Phi) is 19.3. The molecule has 7 rings (SSSR count). The van der Waals surface area contributed by atoms with E-state index in [4.69, 9.17) is 25.4 Å². The molecule has 0 atom stereocenters. The van der Waals surface area contributed by atoms with Crippen molar-refractivity contribution >= 4 is 45.5 Å². The number of rotatable bonds is 23. The number of alkyl halides is 3. The molecule has 0 radical (unpaired) electrons. The number of unbranched alkanes of at least 4 members (excludes halogenated alkanes) is 3. The van der Waals surface area contributed by atoms with Crippen LogP contribution >= 0.6 is 0 Å². The van der Waals surface area contributed by atoms with Crippen LogP contribution in [-0.4, -0.2) is 72.9 Å². The maximum absolute atomic E-state index is 14.0. The third kappa shape index (κ3) is 13.5. The number of anilines is 3. The molecule has 3 heterocycles. The van der Waals surface area contributed by atoms with E-state index >= 15 is 0 Å². The molecule has 73 heavy (non-hydrogen) atoms. The summed E-state index contributed by atoms with van der Waals surface area (Å²) in [6.07, 6.45) is 21.1. The van der Waals surface area contributed by atoms with Crippen LogP contribution in [0.15, 0.2) is 133 Å². The first kappa shape index (κ1) is 55.6. The molecule has 0 fully saturated rings. The summed E-state index contributed by atoms with van der Waals surface area (Å²) in [5, 5.41) is 3.99. The van der Waals surface area contributed by atoms with E-state index in [1.54, 1.807) is 25.3 Å². The minimum atomic E-state index is -4.46. The van der Waals surface area contributed by atoms with Crippen LogP contribution in [0.3, 0.4) is 0 Å². The first-order valence-electron chi connectivity index (χ1n) is 24.7. The Labute approximate surface area is 438 Å². The monoisotopic (exact) mass is 1060 g/mol. The summed E-state index contributed by atoms with van der Waals surface area (Å²) >= 11 is 0. The predicted molar refractivity (Wildman–Crippen MR) is 281 cm³/mol. The van der Waals surface area contributed by atoms with E-state index in [1.807, 2.05) is 68.5 Å². The topological polar surface area (TPSA) is 98.1 Å². The first-order valence-corrected chi connectivity index (χ1v) is 24.7. The van der Waals surface area contributed by atoms with Crippen LogP contribution < -0.4 is 36.7 Å². The van der Waals surface area contributed by atoms with Gasteiger partial charge in [0.05, 0.1) is 23.1 Å². The highest BCUT2D eigenvalue weighted by atomic mass is 79.9. The molecule has 0 unspecified atom stereocenters. The lowest BCUT2D eigenvalue weighted by atomic mass is 9.81. The number of fused-ring (bicyclic) bond motifs is 3. The number of ether oxygens (including phenoxy) is 4. The molecule has 14 heteroatoms. The molecule has 0 saturated carbocycles. The molecule has 1 N–H and O–H groups in total. The summed E-state index contributed by atoms with van der Waals surface area (Å²) in [5.41, 5.74) is 6.75. The molecule has 4 aromatic carbocycles. The van der Waals surface area contributed by atoms with Gasteiger partial charge >= 0.3 is 12.1 Å². The lowest BCUT2D eigenvalue weighted by Gasteiger charge is -2.27. The zero-order chi connectivity index (χ0) is 51.3. The van der Waals surface area contributed by atoms with E-state index in [0.29, 0.717) is 66.2 Å². The normalized spacial score (nSPS) is 15.3. The van der Waals surface area contributed by atoms with E-state index in [-0.39, 0.29) is 54.6 Å². The molecule has 0 bridgehead atoms. The van der Waals surface area contributed by atoms with Crippen molar-refractivity contribution in [3.05, 3.63) is 156 Å². The zero-order valence-electron chi connectivity index (χ0n) is 42.5. The molecule has 2 aliphatic rings. The molecule has 0 aliphatic carbocycles. The Morgan fingerprint density at radius 2 is 1.58 bits per heavy atom. The third-order valence-electron chi connectivity index (χ3n) is 13.1. The Morgan fingerprint density at radius 3 is 2.34 bits per heavy atom. The number of carbonyl (C=O) groups excluding carboxylic acids is 1. The number of terminal acetylenes is 1. The zero-order valence-corrected chi connectivity index (χ0v) is 44.1. The minimum Gasteiger partial charge on any atom is -1.00 e. The number of benzene rings is 4. The van der Waals surface area contributed by atoms with Crippen LogP contribution in [0.4, 0.5) is 36.1 Å². The average Bonchev–Trinajstić information content (AvgIpc) is 3.71. The Bertz CT molecular complexity index is 2930. The van der Waals surface area contributed by atoms with Gasteiger partial charge in [0.1, 0.15) is 38.5 Å². The van der Waals surface area contributed by atoms with Crippen molar-refractivity contribution in [2.45, 2.75) is 90.1 Å². The molecule has 384 valence electrons. The maximum atomic E-state index is 14.0. The van der Waals surface area contributed by atoms with Crippen molar-refractivity contribution in [3.63, 3.8) is 0 Å². The number of aromatic nitrogens is 2. The smallest absolute Gasteiger partial charge is 0.416 e. The molecular formula is C59H65BrF3N5O5. The highest BCUT2D eigenvalue weighted by Crippen LogP contribution is 2.49. The van der Waals surface area contributed by atoms with E-state index < -0.39 is 17.2 Å². The number of hydrogen-bond acceptors (Lipinski definition) is 9. The van der Waals surface area contributed by atoms with E-state index in [9.17, 15) is 18.0 Å². The van der Waals surface area contributed by atoms with Gasteiger partial charge in [-0.2, -0.15) is 17.7 Å². The van der Waals surface area contributed by atoms with Crippen LogP contribution in [0.25, 0.3) is 10.9 Å². The van der Waals surface area contributed by atoms with Crippen molar-refractivity contribution < 1.29 is 58.5 Å². The lowest BCUT2D eigenvalue weighted by molar-refractivity contribution is -0.438. The molecule has 2 aliphatic heterocycles. The minimum absolute atomic E-state index is 0. The van der Waals surface area contributed by atoms with Crippen LogP contribution in [-0.2, 0) is 31.3 Å². The summed E-state index contributed by atoms with van der Waals surface area (Å²) < 4.78 is 67.1. The van der Waals surface area contributed by atoms with Crippen molar-refractivity contribution in [3.8, 4) is 23.8 Å². The van der Waals surface area contributed by atoms with Crippen molar-refractivity contribution in [2.75, 3.05) is 56.8 Å². The van der Waals surface area contributed by atoms with E-state index in [0.717, 1.165) is 48.1 Å². The summed E-state index contributed by atoms with van der Waals surface area (Å²) in [6, 6.07) is 23.6. The summed E-state index contributed by atoms with van der Waals surface area (Å²) in [7, 11) is 1.59. The third-order valence-corrected chi connectivity index (χ3v) is 13.1. The Morgan fingerprint density at radius 1 is 0.822 bits per heavy atom. The van der Waals surface area contributed by atoms with E-state index in [1.165, 1.54) is 29.4 Å². The Balaban J connectivity index is 0.00000869. The van der Waals surface area contributed by atoms with Gasteiger partial charge in [0, 0.05) is 83.7 Å². The molecule has 1 aromatic heterocycles. The fourth-order valence-corrected chi connectivity index (χ4v) is 9.32. The lowest BCUT2D eigenvalue weighted by Crippen LogP contribution is -3.00. The number of nitrogens with one attached hydrogen (secondary N) is 1. The first-order chi connectivity index (χ1) is 34.7. The van der Waals surface area contributed by atoms with Crippen molar-refractivity contribution in [1.82, 2.24) is 9.97 Å². The fraction of sp³-hybridized carbons (Fsp3) is 0.356. The van der Waals surface area contributed by atoms with Gasteiger partial charge in [-0.25, -0.2) is 9.97 Å². The number of allylic oxidation sites excluding steroid dienone is 8. The molecule has 0 spiro atoms. The number of hydrogen-bond donors (Lipinski definition) is 1. The highest BCUT2D eigenvalue weighted by Gasteiger charge is 2.44.